The fourth-order valence-electron chi connectivity index (χ4n) is 7.87. The third-order valence-electron chi connectivity index (χ3n) is 9.63. The smallest absolute Gasteiger partial charge is 0.128 e. The Kier molecular flexibility index (Phi) is 3.03. The lowest BCUT2D eigenvalue weighted by molar-refractivity contribution is -0.205. The maximum atomic E-state index is 13.0. The highest BCUT2D eigenvalue weighted by Crippen LogP contribution is 2.75. The third-order valence-corrected chi connectivity index (χ3v) is 9.63. The molecule has 1 aromatic heterocycles. The van der Waals surface area contributed by atoms with Crippen molar-refractivity contribution < 1.29 is 9.84 Å². The fraction of sp³-hybridized carbons (Fsp3) is 0.577. The van der Waals surface area contributed by atoms with E-state index >= 15 is 0 Å². The summed E-state index contributed by atoms with van der Waals surface area (Å²) >= 11 is 0. The number of ether oxygens (including phenoxy) is 1. The number of nitriles is 1. The number of rotatable bonds is 1. The van der Waals surface area contributed by atoms with Crippen molar-refractivity contribution in [2.24, 2.45) is 16.7 Å². The summed E-state index contributed by atoms with van der Waals surface area (Å²) in [6.07, 6.45) is 3.15. The first-order valence-corrected chi connectivity index (χ1v) is 11.1. The van der Waals surface area contributed by atoms with E-state index in [0.29, 0.717) is 0 Å². The summed E-state index contributed by atoms with van der Waals surface area (Å²) in [4.78, 5) is 3.68. The van der Waals surface area contributed by atoms with Gasteiger partial charge >= 0.3 is 0 Å². The number of hydrogen-bond donors (Lipinski definition) is 2. The van der Waals surface area contributed by atoms with Crippen molar-refractivity contribution in [2.45, 2.75) is 76.1 Å². The van der Waals surface area contributed by atoms with Gasteiger partial charge in [0.25, 0.3) is 0 Å². The lowest BCUT2D eigenvalue weighted by Gasteiger charge is -2.63. The SMILES string of the molecule is C=C[C@@]1(C)CC[C@@H]2C(C)(C)c3cccc4[nH]c5c(c34)[C@@]2(O)[C@]1(C#N)[C@H]1O[C@H]1C5(C)C. The lowest BCUT2D eigenvalue weighted by Crippen LogP contribution is -2.67. The molecule has 1 aromatic carbocycles. The molecule has 0 radical (unpaired) electrons. The van der Waals surface area contributed by atoms with Crippen LogP contribution >= 0.6 is 0 Å². The molecule has 2 N–H and O–H groups in total. The number of nitrogens with one attached hydrogen (secondary N) is 1. The van der Waals surface area contributed by atoms with Gasteiger partial charge in [-0.05, 0) is 29.9 Å². The first-order chi connectivity index (χ1) is 14.0. The van der Waals surface area contributed by atoms with E-state index in [0.717, 1.165) is 35.0 Å². The van der Waals surface area contributed by atoms with Gasteiger partial charge in [0.2, 0.25) is 0 Å². The summed E-state index contributed by atoms with van der Waals surface area (Å²) in [5.41, 5.74) is 0.746. The first-order valence-electron chi connectivity index (χ1n) is 11.1. The summed E-state index contributed by atoms with van der Waals surface area (Å²) < 4.78 is 6.34. The monoisotopic (exact) mass is 402 g/mol. The highest BCUT2D eigenvalue weighted by atomic mass is 16.6. The largest absolute Gasteiger partial charge is 0.383 e. The van der Waals surface area contributed by atoms with Gasteiger partial charge in [-0.25, -0.2) is 0 Å². The molecule has 4 aliphatic rings. The number of hydrogen-bond acceptors (Lipinski definition) is 3. The van der Waals surface area contributed by atoms with Crippen molar-refractivity contribution >= 4 is 10.9 Å². The van der Waals surface area contributed by atoms with Gasteiger partial charge in [0.05, 0.1) is 12.2 Å². The lowest BCUT2D eigenvalue weighted by atomic mass is 9.40. The Labute approximate surface area is 177 Å². The number of epoxide rings is 1. The Morgan fingerprint density at radius 1 is 1.20 bits per heavy atom. The van der Waals surface area contributed by atoms with E-state index < -0.39 is 16.4 Å². The molecular formula is C26H30N2O2. The van der Waals surface area contributed by atoms with Crippen molar-refractivity contribution in [3.05, 3.63) is 47.7 Å². The van der Waals surface area contributed by atoms with Crippen LogP contribution in [0.5, 0.6) is 0 Å². The molecule has 2 heterocycles. The molecule has 4 nitrogen and oxygen atoms in total. The topological polar surface area (TPSA) is 72.3 Å². The third kappa shape index (κ3) is 1.55. The standard InChI is InChI=1S/C26H30N2O2/c1-7-24(6)12-11-16-22(2,3)14-9-8-10-15-17(14)18-19(28-15)23(4,5)20-21(30-20)25(24,13-27)26(16,18)29/h7-10,16,20-21,28-29H,1,11-12H2,2-6H3/t16-,20-,21+,24+,25-,26-/m1/s1. The zero-order chi connectivity index (χ0) is 21.5. The van der Waals surface area contributed by atoms with Crippen molar-refractivity contribution in [2.75, 3.05) is 0 Å². The average Bonchev–Trinajstić information content (AvgIpc) is 3.40. The van der Waals surface area contributed by atoms with Gasteiger partial charge in [-0.1, -0.05) is 52.8 Å². The van der Waals surface area contributed by atoms with Gasteiger partial charge in [0.1, 0.15) is 17.1 Å². The molecule has 0 spiro atoms. The Morgan fingerprint density at radius 2 is 1.93 bits per heavy atom. The molecular weight excluding hydrogens is 372 g/mol. The van der Waals surface area contributed by atoms with E-state index in [1.54, 1.807) is 0 Å². The molecule has 1 saturated heterocycles. The summed E-state index contributed by atoms with van der Waals surface area (Å²) in [6.45, 7) is 15.1. The van der Waals surface area contributed by atoms with Crippen molar-refractivity contribution in [1.82, 2.24) is 4.98 Å². The predicted molar refractivity (Wildman–Crippen MR) is 116 cm³/mol. The average molecular weight is 403 g/mol. The van der Waals surface area contributed by atoms with Gasteiger partial charge in [-0.3, -0.25) is 0 Å². The minimum absolute atomic E-state index is 0.0796. The molecule has 1 saturated carbocycles. The number of nitrogens with zero attached hydrogens (tertiary/aromatic N) is 1. The summed E-state index contributed by atoms with van der Waals surface area (Å²) in [6, 6.07) is 9.12. The Bertz CT molecular complexity index is 1180. The van der Waals surface area contributed by atoms with E-state index in [1.807, 2.05) is 6.08 Å². The normalized spacial score (nSPS) is 44.0. The van der Waals surface area contributed by atoms with Gasteiger partial charge in [-0.15, -0.1) is 6.58 Å². The second-order valence-electron chi connectivity index (χ2n) is 11.4. The van der Waals surface area contributed by atoms with Crippen LogP contribution in [0.15, 0.2) is 30.9 Å². The van der Waals surface area contributed by atoms with Gasteiger partial charge < -0.3 is 14.8 Å². The van der Waals surface area contributed by atoms with Crippen LogP contribution in [0, 0.1) is 28.1 Å². The van der Waals surface area contributed by atoms with Crippen LogP contribution in [0.1, 0.15) is 64.3 Å². The number of aromatic amines is 1. The van der Waals surface area contributed by atoms with E-state index in [1.165, 1.54) is 5.56 Å². The van der Waals surface area contributed by atoms with Crippen LogP contribution < -0.4 is 0 Å². The Hall–Kier alpha value is -2.09. The molecule has 156 valence electrons. The number of allylic oxidation sites excluding steroid dienone is 1. The number of H-pyrrole nitrogens is 1. The highest BCUT2D eigenvalue weighted by molar-refractivity contribution is 5.92. The van der Waals surface area contributed by atoms with Crippen LogP contribution in [0.4, 0.5) is 0 Å². The number of benzene rings is 1. The molecule has 2 fully saturated rings. The minimum Gasteiger partial charge on any atom is -0.383 e. The number of aliphatic hydroxyl groups is 1. The molecule has 3 aliphatic carbocycles. The highest BCUT2D eigenvalue weighted by Gasteiger charge is 2.81. The van der Waals surface area contributed by atoms with E-state index in [9.17, 15) is 10.4 Å². The van der Waals surface area contributed by atoms with Crippen LogP contribution in [-0.2, 0) is 21.2 Å². The molecule has 6 atom stereocenters. The Morgan fingerprint density at radius 3 is 2.60 bits per heavy atom. The molecule has 1 aliphatic heterocycles. The zero-order valence-electron chi connectivity index (χ0n) is 18.5. The Balaban J connectivity index is 1.88. The van der Waals surface area contributed by atoms with Crippen molar-refractivity contribution in [3.63, 3.8) is 0 Å². The quantitative estimate of drug-likeness (QED) is 0.531. The summed E-state index contributed by atoms with van der Waals surface area (Å²) in [5, 5.41) is 25.0. The molecule has 2 aromatic rings. The van der Waals surface area contributed by atoms with Gasteiger partial charge in [0.15, 0.2) is 0 Å². The fourth-order valence-corrected chi connectivity index (χ4v) is 7.87. The summed E-state index contributed by atoms with van der Waals surface area (Å²) in [7, 11) is 0. The molecule has 0 amide bonds. The summed E-state index contributed by atoms with van der Waals surface area (Å²) in [5.74, 6) is -0.0796. The second-order valence-corrected chi connectivity index (χ2v) is 11.4. The molecule has 4 heteroatoms. The molecule has 30 heavy (non-hydrogen) atoms. The second kappa shape index (κ2) is 4.87. The maximum absolute atomic E-state index is 13.0. The zero-order valence-corrected chi connectivity index (χ0v) is 18.5. The van der Waals surface area contributed by atoms with E-state index in [4.69, 9.17) is 4.74 Å². The maximum Gasteiger partial charge on any atom is 0.128 e. The van der Waals surface area contributed by atoms with Crippen LogP contribution in [-0.4, -0.2) is 22.3 Å². The van der Waals surface area contributed by atoms with Crippen LogP contribution in [0.3, 0.4) is 0 Å². The first kappa shape index (κ1) is 18.7. The minimum atomic E-state index is -1.32. The molecule has 0 unspecified atom stereocenters. The number of aromatic nitrogens is 1. The predicted octanol–water partition coefficient (Wildman–Crippen LogP) is 4.82. The van der Waals surface area contributed by atoms with Crippen molar-refractivity contribution in [1.29, 1.82) is 5.26 Å². The van der Waals surface area contributed by atoms with Crippen LogP contribution in [0.2, 0.25) is 0 Å². The van der Waals surface area contributed by atoms with Crippen molar-refractivity contribution in [3.8, 4) is 6.07 Å². The van der Waals surface area contributed by atoms with Gasteiger partial charge in [0, 0.05) is 38.9 Å². The molecule has 6 rings (SSSR count). The number of fused-ring (bicyclic) bond motifs is 2. The van der Waals surface area contributed by atoms with Crippen LogP contribution in [0.25, 0.3) is 10.9 Å². The van der Waals surface area contributed by atoms with E-state index in [-0.39, 0.29) is 29.0 Å². The van der Waals surface area contributed by atoms with Gasteiger partial charge in [-0.2, -0.15) is 5.26 Å². The molecule has 0 bridgehead atoms. The van der Waals surface area contributed by atoms with E-state index in [2.05, 4.69) is 70.4 Å².